The van der Waals surface area contributed by atoms with Crippen molar-refractivity contribution >= 4 is 0 Å². The lowest BCUT2D eigenvalue weighted by molar-refractivity contribution is 0.186. The predicted octanol–water partition coefficient (Wildman–Crippen LogP) is 1.50. The van der Waals surface area contributed by atoms with Crippen molar-refractivity contribution in [3.8, 4) is 0 Å². The van der Waals surface area contributed by atoms with E-state index in [1.54, 1.807) is 17.0 Å². The fourth-order valence-electron chi connectivity index (χ4n) is 1.84. The summed E-state index contributed by atoms with van der Waals surface area (Å²) in [7, 11) is 0. The summed E-state index contributed by atoms with van der Waals surface area (Å²) in [6, 6.07) is 1.80. The molecule has 0 amide bonds. The molecule has 16 heavy (non-hydrogen) atoms. The second kappa shape index (κ2) is 4.01. The highest BCUT2D eigenvalue weighted by Gasteiger charge is 2.21. The highest BCUT2D eigenvalue weighted by Crippen LogP contribution is 2.20. The van der Waals surface area contributed by atoms with Crippen LogP contribution in [0.4, 0.5) is 0 Å². The summed E-state index contributed by atoms with van der Waals surface area (Å²) in [6.45, 7) is 7.52. The van der Waals surface area contributed by atoms with Crippen molar-refractivity contribution in [2.45, 2.75) is 38.6 Å². The molecule has 4 heteroatoms. The zero-order chi connectivity index (χ0) is 11.8. The number of rotatable bonds is 1. The second-order valence-corrected chi connectivity index (χ2v) is 5.29. The van der Waals surface area contributed by atoms with Crippen molar-refractivity contribution in [2.75, 3.05) is 13.2 Å². The van der Waals surface area contributed by atoms with Crippen molar-refractivity contribution in [1.82, 2.24) is 9.55 Å². The molecule has 1 atom stereocenters. The SMILES string of the molecule is CC(C)(C)c1cc(=O)n(C2CCOC2)cn1. The quantitative estimate of drug-likeness (QED) is 0.723. The van der Waals surface area contributed by atoms with E-state index in [4.69, 9.17) is 4.74 Å². The number of hydrogen-bond acceptors (Lipinski definition) is 3. The predicted molar refractivity (Wildman–Crippen MR) is 61.7 cm³/mol. The van der Waals surface area contributed by atoms with Crippen LogP contribution in [0.1, 0.15) is 38.9 Å². The normalized spacial score (nSPS) is 21.3. The largest absolute Gasteiger partial charge is 0.379 e. The van der Waals surface area contributed by atoms with Gasteiger partial charge in [0, 0.05) is 18.1 Å². The molecule has 1 aromatic heterocycles. The van der Waals surface area contributed by atoms with Crippen LogP contribution in [-0.2, 0) is 10.2 Å². The first-order chi connectivity index (χ1) is 7.48. The van der Waals surface area contributed by atoms with Crippen molar-refractivity contribution in [1.29, 1.82) is 0 Å². The molecule has 2 heterocycles. The van der Waals surface area contributed by atoms with Crippen LogP contribution in [0.5, 0.6) is 0 Å². The first-order valence-corrected chi connectivity index (χ1v) is 5.65. The lowest BCUT2D eigenvalue weighted by Crippen LogP contribution is -2.28. The summed E-state index contributed by atoms with van der Waals surface area (Å²) >= 11 is 0. The van der Waals surface area contributed by atoms with Gasteiger partial charge in [0.25, 0.3) is 5.56 Å². The van der Waals surface area contributed by atoms with Crippen LogP contribution in [0, 0.1) is 0 Å². The Morgan fingerprint density at radius 2 is 2.25 bits per heavy atom. The molecule has 1 aliphatic rings. The Bertz CT molecular complexity index is 425. The van der Waals surface area contributed by atoms with Gasteiger partial charge in [-0.2, -0.15) is 0 Å². The van der Waals surface area contributed by atoms with E-state index >= 15 is 0 Å². The Morgan fingerprint density at radius 1 is 1.50 bits per heavy atom. The monoisotopic (exact) mass is 222 g/mol. The molecular formula is C12H18N2O2. The van der Waals surface area contributed by atoms with E-state index in [2.05, 4.69) is 25.8 Å². The Kier molecular flexibility index (Phi) is 2.84. The Balaban J connectivity index is 2.33. The number of ether oxygens (including phenoxy) is 1. The van der Waals surface area contributed by atoms with E-state index in [0.29, 0.717) is 6.61 Å². The summed E-state index contributed by atoms with van der Waals surface area (Å²) in [4.78, 5) is 16.3. The average molecular weight is 222 g/mol. The van der Waals surface area contributed by atoms with Gasteiger partial charge in [-0.25, -0.2) is 4.98 Å². The molecule has 0 N–H and O–H groups in total. The van der Waals surface area contributed by atoms with Crippen molar-refractivity contribution < 1.29 is 4.74 Å². The fourth-order valence-corrected chi connectivity index (χ4v) is 1.84. The molecule has 2 rings (SSSR count). The van der Waals surface area contributed by atoms with Gasteiger partial charge in [0.2, 0.25) is 0 Å². The molecule has 1 aliphatic heterocycles. The van der Waals surface area contributed by atoms with Gasteiger partial charge >= 0.3 is 0 Å². The maximum absolute atomic E-state index is 11.9. The highest BCUT2D eigenvalue weighted by atomic mass is 16.5. The van der Waals surface area contributed by atoms with Crippen molar-refractivity contribution in [3.05, 3.63) is 28.4 Å². The van der Waals surface area contributed by atoms with Crippen LogP contribution in [-0.4, -0.2) is 22.8 Å². The second-order valence-electron chi connectivity index (χ2n) is 5.29. The highest BCUT2D eigenvalue weighted by molar-refractivity contribution is 5.10. The number of hydrogen-bond donors (Lipinski definition) is 0. The van der Waals surface area contributed by atoms with E-state index < -0.39 is 0 Å². The van der Waals surface area contributed by atoms with Gasteiger partial charge in [0.15, 0.2) is 0 Å². The maximum atomic E-state index is 11.9. The molecule has 0 spiro atoms. The summed E-state index contributed by atoms with van der Waals surface area (Å²) < 4.78 is 6.96. The zero-order valence-electron chi connectivity index (χ0n) is 10.1. The Morgan fingerprint density at radius 3 is 2.75 bits per heavy atom. The third kappa shape index (κ3) is 2.16. The van der Waals surface area contributed by atoms with E-state index in [1.165, 1.54) is 0 Å². The minimum atomic E-state index is -0.0789. The van der Waals surface area contributed by atoms with Crippen molar-refractivity contribution in [3.63, 3.8) is 0 Å². The molecule has 0 saturated carbocycles. The topological polar surface area (TPSA) is 44.1 Å². The smallest absolute Gasteiger partial charge is 0.253 e. The van der Waals surface area contributed by atoms with Crippen LogP contribution < -0.4 is 5.56 Å². The molecule has 1 aromatic rings. The number of aromatic nitrogens is 2. The van der Waals surface area contributed by atoms with Crippen LogP contribution in [0.2, 0.25) is 0 Å². The summed E-state index contributed by atoms with van der Waals surface area (Å²) in [5.74, 6) is 0. The average Bonchev–Trinajstić information content (AvgIpc) is 2.69. The van der Waals surface area contributed by atoms with Crippen LogP contribution in [0.3, 0.4) is 0 Å². The summed E-state index contributed by atoms with van der Waals surface area (Å²) in [5.41, 5.74) is 0.785. The first kappa shape index (κ1) is 11.3. The van der Waals surface area contributed by atoms with Crippen LogP contribution >= 0.6 is 0 Å². The van der Waals surface area contributed by atoms with E-state index in [-0.39, 0.29) is 17.0 Å². The van der Waals surface area contributed by atoms with E-state index in [0.717, 1.165) is 18.7 Å². The van der Waals surface area contributed by atoms with E-state index in [9.17, 15) is 4.79 Å². The van der Waals surface area contributed by atoms with Gasteiger partial charge in [0.1, 0.15) is 0 Å². The standard InChI is InChI=1S/C12H18N2O2/c1-12(2,3)10-6-11(15)14(8-13-10)9-4-5-16-7-9/h6,8-9H,4-5,7H2,1-3H3. The minimum Gasteiger partial charge on any atom is -0.379 e. The molecule has 88 valence electrons. The van der Waals surface area contributed by atoms with Crippen LogP contribution in [0.15, 0.2) is 17.2 Å². The van der Waals surface area contributed by atoms with Gasteiger partial charge in [0.05, 0.1) is 24.7 Å². The third-order valence-corrected chi connectivity index (χ3v) is 2.90. The molecular weight excluding hydrogens is 204 g/mol. The molecule has 4 nitrogen and oxygen atoms in total. The minimum absolute atomic E-state index is 0.0235. The molecule has 1 saturated heterocycles. The van der Waals surface area contributed by atoms with Crippen LogP contribution in [0.25, 0.3) is 0 Å². The third-order valence-electron chi connectivity index (χ3n) is 2.90. The number of nitrogens with zero attached hydrogens (tertiary/aromatic N) is 2. The molecule has 1 unspecified atom stereocenters. The molecule has 0 radical (unpaired) electrons. The molecule has 0 bridgehead atoms. The zero-order valence-corrected chi connectivity index (χ0v) is 10.1. The lowest BCUT2D eigenvalue weighted by Gasteiger charge is -2.19. The fraction of sp³-hybridized carbons (Fsp3) is 0.667. The van der Waals surface area contributed by atoms with Gasteiger partial charge < -0.3 is 4.74 Å². The molecule has 1 fully saturated rings. The maximum Gasteiger partial charge on any atom is 0.253 e. The Hall–Kier alpha value is -1.16. The van der Waals surface area contributed by atoms with Crippen molar-refractivity contribution in [2.24, 2.45) is 0 Å². The molecule has 0 aliphatic carbocycles. The first-order valence-electron chi connectivity index (χ1n) is 5.65. The van der Waals surface area contributed by atoms with Gasteiger partial charge in [-0.3, -0.25) is 9.36 Å². The lowest BCUT2D eigenvalue weighted by atomic mass is 9.92. The van der Waals surface area contributed by atoms with Gasteiger partial charge in [-0.15, -0.1) is 0 Å². The summed E-state index contributed by atoms with van der Waals surface area (Å²) in [5, 5.41) is 0. The summed E-state index contributed by atoms with van der Waals surface area (Å²) in [6.07, 6.45) is 2.55. The Labute approximate surface area is 95.3 Å². The molecule has 0 aromatic carbocycles. The van der Waals surface area contributed by atoms with Gasteiger partial charge in [-0.1, -0.05) is 20.8 Å². The van der Waals surface area contributed by atoms with E-state index in [1.807, 2.05) is 0 Å². The van der Waals surface area contributed by atoms with Gasteiger partial charge in [-0.05, 0) is 6.42 Å².